The van der Waals surface area contributed by atoms with Crippen molar-refractivity contribution in [3.63, 3.8) is 0 Å². The Morgan fingerprint density at radius 3 is 2.61 bits per heavy atom. The molecule has 6 rings (SSSR count). The summed E-state index contributed by atoms with van der Waals surface area (Å²) in [7, 11) is 0. The van der Waals surface area contributed by atoms with E-state index in [0.717, 1.165) is 27.2 Å². The first-order chi connectivity index (χ1) is 15.2. The maximum atomic E-state index is 13.4. The van der Waals surface area contributed by atoms with Gasteiger partial charge in [0.1, 0.15) is 11.4 Å². The van der Waals surface area contributed by atoms with Gasteiger partial charge in [0.2, 0.25) is 5.78 Å². The molecule has 2 aliphatic heterocycles. The van der Waals surface area contributed by atoms with Crippen molar-refractivity contribution < 1.29 is 9.53 Å². The summed E-state index contributed by atoms with van der Waals surface area (Å²) in [5.74, 6) is 0.397. The smallest absolute Gasteiger partial charge is 0.345 e. The molecule has 4 aromatic rings. The number of nitrogens with zero attached hydrogens (tertiary/aromatic N) is 4. The first-order valence-electron chi connectivity index (χ1n) is 9.98. The average Bonchev–Trinajstić information content (AvgIpc) is 2.79. The number of fused-ring (bicyclic) bond motifs is 7. The molecule has 7 heteroatoms. The third kappa shape index (κ3) is 2.34. The molecule has 3 aromatic carbocycles. The van der Waals surface area contributed by atoms with Crippen molar-refractivity contribution in [3.8, 4) is 5.82 Å². The highest BCUT2D eigenvalue weighted by Crippen LogP contribution is 2.33. The molecule has 0 amide bonds. The highest BCUT2D eigenvalue weighted by molar-refractivity contribution is 6.09. The van der Waals surface area contributed by atoms with E-state index in [1.807, 2.05) is 65.2 Å². The van der Waals surface area contributed by atoms with E-state index in [1.165, 1.54) is 10.6 Å². The lowest BCUT2D eigenvalue weighted by molar-refractivity contribution is 0.0523. The summed E-state index contributed by atoms with van der Waals surface area (Å²) in [6.07, 6.45) is 1.29. The Morgan fingerprint density at radius 1 is 1.00 bits per heavy atom. The number of benzene rings is 3. The molecule has 0 atom stereocenters. The number of hydrogen-bond donors (Lipinski definition) is 0. The van der Waals surface area contributed by atoms with E-state index in [1.54, 1.807) is 6.92 Å². The first kappa shape index (κ1) is 17.6. The molecule has 0 bridgehead atoms. The zero-order valence-corrected chi connectivity index (χ0v) is 16.6. The molecule has 0 spiro atoms. The van der Waals surface area contributed by atoms with Crippen molar-refractivity contribution in [3.05, 3.63) is 82.8 Å². The minimum Gasteiger partial charge on any atom is -0.462 e. The summed E-state index contributed by atoms with van der Waals surface area (Å²) < 4.78 is 8.41. The molecule has 3 heterocycles. The Bertz CT molecular complexity index is 1690. The predicted octanol–water partition coefficient (Wildman–Crippen LogP) is 3.95. The van der Waals surface area contributed by atoms with Crippen LogP contribution >= 0.6 is 0 Å². The van der Waals surface area contributed by atoms with Gasteiger partial charge in [0, 0.05) is 10.8 Å². The Hall–Kier alpha value is -4.26. The van der Waals surface area contributed by atoms with Crippen LogP contribution in [0.3, 0.4) is 0 Å². The summed E-state index contributed by atoms with van der Waals surface area (Å²) in [4.78, 5) is 35.2. The van der Waals surface area contributed by atoms with Crippen LogP contribution in [0.2, 0.25) is 0 Å². The van der Waals surface area contributed by atoms with E-state index in [-0.39, 0.29) is 12.2 Å². The van der Waals surface area contributed by atoms with Crippen LogP contribution in [0.15, 0.2) is 71.7 Å². The number of aromatic nitrogens is 4. The molecule has 150 valence electrons. The molecular formula is C24H16N4O3. The van der Waals surface area contributed by atoms with Crippen LogP contribution in [-0.2, 0) is 4.74 Å². The van der Waals surface area contributed by atoms with Crippen molar-refractivity contribution in [1.29, 1.82) is 0 Å². The molecule has 0 fully saturated rings. The first-order valence-corrected chi connectivity index (χ1v) is 9.98. The summed E-state index contributed by atoms with van der Waals surface area (Å²) in [6, 6.07) is 19.5. The van der Waals surface area contributed by atoms with Crippen LogP contribution in [0.5, 0.6) is 0 Å². The zero-order valence-electron chi connectivity index (χ0n) is 16.6. The predicted molar refractivity (Wildman–Crippen MR) is 118 cm³/mol. The molecule has 0 radical (unpaired) electrons. The highest BCUT2D eigenvalue weighted by atomic mass is 16.5. The van der Waals surface area contributed by atoms with Gasteiger partial charge in [0.05, 0.1) is 29.4 Å². The lowest BCUT2D eigenvalue weighted by Crippen LogP contribution is -2.27. The Kier molecular flexibility index (Phi) is 3.61. The van der Waals surface area contributed by atoms with E-state index in [9.17, 15) is 9.59 Å². The van der Waals surface area contributed by atoms with Gasteiger partial charge < -0.3 is 4.74 Å². The molecule has 0 unspecified atom stereocenters. The number of ether oxygens (including phenoxy) is 1. The van der Waals surface area contributed by atoms with Gasteiger partial charge in [-0.15, -0.1) is 0 Å². The van der Waals surface area contributed by atoms with Crippen LogP contribution in [0.1, 0.15) is 17.3 Å². The monoisotopic (exact) mass is 408 g/mol. The van der Waals surface area contributed by atoms with E-state index < -0.39 is 11.5 Å². The second-order valence-corrected chi connectivity index (χ2v) is 7.27. The largest absolute Gasteiger partial charge is 0.462 e. The van der Waals surface area contributed by atoms with Crippen LogP contribution in [-0.4, -0.2) is 31.5 Å². The van der Waals surface area contributed by atoms with Gasteiger partial charge in [-0.1, -0.05) is 36.4 Å². The topological polar surface area (TPSA) is 78.5 Å². The van der Waals surface area contributed by atoms with Gasteiger partial charge in [-0.05, 0) is 36.6 Å². The van der Waals surface area contributed by atoms with E-state index in [4.69, 9.17) is 9.72 Å². The molecule has 2 aliphatic rings. The molecule has 7 nitrogen and oxygen atoms in total. The van der Waals surface area contributed by atoms with Crippen molar-refractivity contribution in [2.24, 2.45) is 0 Å². The number of para-hydroxylation sites is 1. The van der Waals surface area contributed by atoms with Gasteiger partial charge >= 0.3 is 5.97 Å². The fraction of sp³-hybridized carbons (Fsp3) is 0.0833. The van der Waals surface area contributed by atoms with Gasteiger partial charge in [-0.25, -0.2) is 19.2 Å². The van der Waals surface area contributed by atoms with Gasteiger partial charge in [-0.2, -0.15) is 0 Å². The molecule has 0 saturated carbocycles. The minimum absolute atomic E-state index is 0.101. The third-order valence-corrected chi connectivity index (χ3v) is 5.56. The highest BCUT2D eigenvalue weighted by Gasteiger charge is 2.22. The maximum absolute atomic E-state index is 13.4. The fourth-order valence-corrected chi connectivity index (χ4v) is 4.27. The second-order valence-electron chi connectivity index (χ2n) is 7.27. The van der Waals surface area contributed by atoms with Gasteiger partial charge in [-0.3, -0.25) is 9.36 Å². The molecule has 0 aliphatic carbocycles. The molecule has 0 N–H and O–H groups in total. The van der Waals surface area contributed by atoms with Crippen LogP contribution in [0, 0.1) is 0 Å². The van der Waals surface area contributed by atoms with Gasteiger partial charge in [0.25, 0.3) is 5.56 Å². The van der Waals surface area contributed by atoms with Crippen LogP contribution < -0.4 is 5.56 Å². The quantitative estimate of drug-likeness (QED) is 0.246. The number of rotatable bonds is 2. The van der Waals surface area contributed by atoms with Crippen molar-refractivity contribution in [1.82, 2.24) is 18.9 Å². The second kappa shape index (κ2) is 6.37. The van der Waals surface area contributed by atoms with E-state index >= 15 is 0 Å². The third-order valence-electron chi connectivity index (χ3n) is 5.56. The molecular weight excluding hydrogens is 392 g/mol. The standard InChI is InChI=1S/C24H16N4O3/c1-2-31-23(30)16-13-25-24-27-19-12-6-8-14-7-5-10-17(20(14)19)26-21(27)15-9-3-4-11-18(15)28(24)22(16)29/h3-13H,2H2,1H3. The minimum atomic E-state index is -0.682. The molecule has 1 aromatic heterocycles. The maximum Gasteiger partial charge on any atom is 0.345 e. The lowest BCUT2D eigenvalue weighted by Gasteiger charge is -2.20. The summed E-state index contributed by atoms with van der Waals surface area (Å²) >= 11 is 0. The Morgan fingerprint density at radius 2 is 1.77 bits per heavy atom. The fourth-order valence-electron chi connectivity index (χ4n) is 4.27. The normalized spacial score (nSPS) is 11.8. The van der Waals surface area contributed by atoms with Crippen molar-refractivity contribution >= 4 is 44.5 Å². The molecule has 0 saturated heterocycles. The average molecular weight is 408 g/mol. The Balaban J connectivity index is 1.92. The molecule has 31 heavy (non-hydrogen) atoms. The SMILES string of the molecule is CCOC(=O)c1cnc2n3c4cccc5cccc(nc-3c3ccccc3n2c1=O)c54. The van der Waals surface area contributed by atoms with Crippen molar-refractivity contribution in [2.45, 2.75) is 6.92 Å². The lowest BCUT2D eigenvalue weighted by atomic mass is 10.1. The number of carbonyl (C=O) groups is 1. The zero-order chi connectivity index (χ0) is 21.1. The summed E-state index contributed by atoms with van der Waals surface area (Å²) in [5, 5.41) is 2.82. The Labute approximate surface area is 175 Å². The van der Waals surface area contributed by atoms with Crippen molar-refractivity contribution in [2.75, 3.05) is 6.61 Å². The summed E-state index contributed by atoms with van der Waals surface area (Å²) in [6.45, 7) is 1.88. The van der Waals surface area contributed by atoms with Gasteiger partial charge in [0.15, 0.2) is 0 Å². The number of esters is 1. The summed E-state index contributed by atoms with van der Waals surface area (Å²) in [5.41, 5.74) is 1.81. The number of hydrogen-bond acceptors (Lipinski definition) is 5. The number of carbonyl (C=O) groups excluding carboxylic acids is 1. The van der Waals surface area contributed by atoms with Crippen LogP contribution in [0.4, 0.5) is 0 Å². The van der Waals surface area contributed by atoms with E-state index in [0.29, 0.717) is 17.1 Å². The van der Waals surface area contributed by atoms with E-state index in [2.05, 4.69) is 4.98 Å². The van der Waals surface area contributed by atoms with Crippen LogP contribution in [0.25, 0.3) is 44.3 Å².